The minimum absolute atomic E-state index is 0.0999. The molecule has 0 aliphatic heterocycles. The predicted molar refractivity (Wildman–Crippen MR) is 72.9 cm³/mol. The van der Waals surface area contributed by atoms with Gasteiger partial charge in [-0.05, 0) is 35.8 Å². The van der Waals surface area contributed by atoms with E-state index in [1.807, 2.05) is 6.92 Å². The average molecular weight is 246 g/mol. The molecule has 1 atom stereocenters. The Morgan fingerprint density at radius 3 is 2.39 bits per heavy atom. The Morgan fingerprint density at radius 2 is 1.83 bits per heavy atom. The number of hydrogen-bond acceptors (Lipinski definition) is 1. The van der Waals surface area contributed by atoms with Crippen LogP contribution in [-0.4, -0.2) is 11.1 Å². The normalized spacial score (nSPS) is 18.5. The van der Waals surface area contributed by atoms with E-state index in [9.17, 15) is 4.79 Å². The van der Waals surface area contributed by atoms with E-state index in [-0.39, 0.29) is 12.3 Å². The Morgan fingerprint density at radius 1 is 1.22 bits per heavy atom. The van der Waals surface area contributed by atoms with Crippen LogP contribution in [0.15, 0.2) is 24.3 Å². The zero-order valence-electron chi connectivity index (χ0n) is 11.1. The van der Waals surface area contributed by atoms with Crippen molar-refractivity contribution in [3.63, 3.8) is 0 Å². The first-order valence-corrected chi connectivity index (χ1v) is 6.98. The van der Waals surface area contributed by atoms with Crippen LogP contribution in [0.5, 0.6) is 0 Å². The maximum Gasteiger partial charge on any atom is 0.303 e. The van der Waals surface area contributed by atoms with Crippen LogP contribution in [0.25, 0.3) is 0 Å². The molecule has 1 aromatic carbocycles. The summed E-state index contributed by atoms with van der Waals surface area (Å²) in [5.41, 5.74) is 2.57. The van der Waals surface area contributed by atoms with Gasteiger partial charge in [-0.25, -0.2) is 0 Å². The van der Waals surface area contributed by atoms with Crippen molar-refractivity contribution >= 4 is 5.97 Å². The van der Waals surface area contributed by atoms with Gasteiger partial charge in [-0.3, -0.25) is 4.79 Å². The molecule has 0 saturated heterocycles. The molecule has 98 valence electrons. The molecular formula is C16H22O2. The van der Waals surface area contributed by atoms with E-state index in [1.165, 1.54) is 37.7 Å². The standard InChI is InChI=1S/C16H22O2/c1-12(11-16(17)18)13-7-9-15(10-8-13)14-5-3-2-4-6-14/h7-10,12,14H,2-6,11H2,1H3,(H,17,18)/t12-/m0/s1. The number of aliphatic carboxylic acids is 1. The van der Waals surface area contributed by atoms with Gasteiger partial charge >= 0.3 is 5.97 Å². The van der Waals surface area contributed by atoms with Crippen molar-refractivity contribution in [3.05, 3.63) is 35.4 Å². The topological polar surface area (TPSA) is 37.3 Å². The van der Waals surface area contributed by atoms with Crippen LogP contribution in [0.2, 0.25) is 0 Å². The molecule has 18 heavy (non-hydrogen) atoms. The lowest BCUT2D eigenvalue weighted by molar-refractivity contribution is -0.137. The fourth-order valence-corrected chi connectivity index (χ4v) is 2.91. The summed E-state index contributed by atoms with van der Waals surface area (Å²) in [7, 11) is 0. The van der Waals surface area contributed by atoms with E-state index in [0.717, 1.165) is 11.5 Å². The van der Waals surface area contributed by atoms with Crippen molar-refractivity contribution < 1.29 is 9.90 Å². The van der Waals surface area contributed by atoms with Crippen molar-refractivity contribution in [3.8, 4) is 0 Å². The zero-order valence-corrected chi connectivity index (χ0v) is 11.1. The van der Waals surface area contributed by atoms with Crippen molar-refractivity contribution in [2.75, 3.05) is 0 Å². The third-order valence-corrected chi connectivity index (χ3v) is 4.06. The largest absolute Gasteiger partial charge is 0.481 e. The molecule has 2 heteroatoms. The van der Waals surface area contributed by atoms with Gasteiger partial charge in [0.05, 0.1) is 6.42 Å². The van der Waals surface area contributed by atoms with Crippen LogP contribution < -0.4 is 0 Å². The van der Waals surface area contributed by atoms with Crippen molar-refractivity contribution in [1.82, 2.24) is 0 Å². The molecule has 1 aliphatic carbocycles. The summed E-state index contributed by atoms with van der Waals surface area (Å²) in [5.74, 6) is 0.101. The van der Waals surface area contributed by atoms with E-state index in [1.54, 1.807) is 0 Å². The monoisotopic (exact) mass is 246 g/mol. The average Bonchev–Trinajstić information content (AvgIpc) is 2.39. The van der Waals surface area contributed by atoms with E-state index >= 15 is 0 Å². The van der Waals surface area contributed by atoms with Gasteiger partial charge in [0, 0.05) is 0 Å². The molecule has 0 spiro atoms. The molecule has 0 radical (unpaired) electrons. The molecule has 1 fully saturated rings. The number of carboxylic acids is 1. The molecular weight excluding hydrogens is 224 g/mol. The van der Waals surface area contributed by atoms with E-state index < -0.39 is 5.97 Å². The van der Waals surface area contributed by atoms with Gasteiger partial charge in [0.1, 0.15) is 0 Å². The minimum atomic E-state index is -0.723. The second kappa shape index (κ2) is 6.03. The van der Waals surface area contributed by atoms with Gasteiger partial charge in [-0.15, -0.1) is 0 Å². The number of benzene rings is 1. The lowest BCUT2D eigenvalue weighted by Crippen LogP contribution is -2.06. The zero-order chi connectivity index (χ0) is 13.0. The molecule has 0 bridgehead atoms. The van der Waals surface area contributed by atoms with Gasteiger partial charge in [0.25, 0.3) is 0 Å². The van der Waals surface area contributed by atoms with E-state index in [0.29, 0.717) is 0 Å². The van der Waals surface area contributed by atoms with Crippen molar-refractivity contribution in [2.24, 2.45) is 0 Å². The third-order valence-electron chi connectivity index (χ3n) is 4.06. The quantitative estimate of drug-likeness (QED) is 0.859. The summed E-state index contributed by atoms with van der Waals surface area (Å²) in [6.07, 6.45) is 6.91. The highest BCUT2D eigenvalue weighted by molar-refractivity contribution is 5.67. The molecule has 0 heterocycles. The minimum Gasteiger partial charge on any atom is -0.481 e. The fraction of sp³-hybridized carbons (Fsp3) is 0.562. The van der Waals surface area contributed by atoms with E-state index in [4.69, 9.17) is 5.11 Å². The molecule has 1 aliphatic rings. The van der Waals surface area contributed by atoms with Crippen LogP contribution in [0.1, 0.15) is 68.4 Å². The van der Waals surface area contributed by atoms with Gasteiger partial charge in [-0.1, -0.05) is 50.5 Å². The smallest absolute Gasteiger partial charge is 0.303 e. The van der Waals surface area contributed by atoms with E-state index in [2.05, 4.69) is 24.3 Å². The number of carboxylic acid groups (broad SMARTS) is 1. The second-order valence-electron chi connectivity index (χ2n) is 5.50. The van der Waals surface area contributed by atoms with Gasteiger partial charge in [-0.2, -0.15) is 0 Å². The van der Waals surface area contributed by atoms with Gasteiger partial charge < -0.3 is 5.11 Å². The van der Waals surface area contributed by atoms with Crippen molar-refractivity contribution in [2.45, 2.75) is 57.3 Å². The van der Waals surface area contributed by atoms with Crippen LogP contribution in [-0.2, 0) is 4.79 Å². The lowest BCUT2D eigenvalue weighted by Gasteiger charge is -2.22. The number of carbonyl (C=O) groups is 1. The summed E-state index contributed by atoms with van der Waals surface area (Å²) in [5, 5.41) is 8.80. The third kappa shape index (κ3) is 3.34. The Hall–Kier alpha value is -1.31. The lowest BCUT2D eigenvalue weighted by atomic mass is 9.83. The first-order valence-electron chi connectivity index (χ1n) is 6.98. The first kappa shape index (κ1) is 13.1. The first-order chi connectivity index (χ1) is 8.66. The molecule has 2 rings (SSSR count). The summed E-state index contributed by atoms with van der Waals surface area (Å²) >= 11 is 0. The highest BCUT2D eigenvalue weighted by Gasteiger charge is 2.16. The summed E-state index contributed by atoms with van der Waals surface area (Å²) in [6, 6.07) is 8.61. The number of rotatable bonds is 4. The Balaban J connectivity index is 2.02. The molecule has 0 amide bonds. The van der Waals surface area contributed by atoms with Crippen molar-refractivity contribution in [1.29, 1.82) is 0 Å². The highest BCUT2D eigenvalue weighted by atomic mass is 16.4. The molecule has 0 aromatic heterocycles. The van der Waals surface area contributed by atoms with Crippen LogP contribution in [0, 0.1) is 0 Å². The van der Waals surface area contributed by atoms with Gasteiger partial charge in [0.15, 0.2) is 0 Å². The summed E-state index contributed by atoms with van der Waals surface area (Å²) in [6.45, 7) is 1.98. The van der Waals surface area contributed by atoms with Crippen LogP contribution in [0.3, 0.4) is 0 Å². The van der Waals surface area contributed by atoms with Crippen LogP contribution >= 0.6 is 0 Å². The Labute approximate surface area is 109 Å². The van der Waals surface area contributed by atoms with Crippen LogP contribution in [0.4, 0.5) is 0 Å². The maximum absolute atomic E-state index is 10.7. The Bertz CT molecular complexity index is 388. The number of hydrogen-bond donors (Lipinski definition) is 1. The molecule has 0 unspecified atom stereocenters. The SMILES string of the molecule is C[C@@H](CC(=O)O)c1ccc(C2CCCCC2)cc1. The second-order valence-corrected chi connectivity index (χ2v) is 5.50. The summed E-state index contributed by atoms with van der Waals surface area (Å²) in [4.78, 5) is 10.7. The maximum atomic E-state index is 10.7. The highest BCUT2D eigenvalue weighted by Crippen LogP contribution is 2.33. The molecule has 1 N–H and O–H groups in total. The Kier molecular flexibility index (Phi) is 4.40. The summed E-state index contributed by atoms with van der Waals surface area (Å²) < 4.78 is 0. The molecule has 2 nitrogen and oxygen atoms in total. The predicted octanol–water partition coefficient (Wildman–Crippen LogP) is 4.31. The molecule has 1 saturated carbocycles. The fourth-order valence-electron chi connectivity index (χ4n) is 2.91. The van der Waals surface area contributed by atoms with Gasteiger partial charge in [0.2, 0.25) is 0 Å². The molecule has 1 aromatic rings.